The average molecular weight is 361 g/mol. The molecule has 0 saturated heterocycles. The molecule has 112 valence electrons. The summed E-state index contributed by atoms with van der Waals surface area (Å²) in [6.07, 6.45) is 0. The van der Waals surface area contributed by atoms with E-state index in [0.717, 1.165) is 0 Å². The Labute approximate surface area is 144 Å². The molecular formula is C22H18Se. The molecule has 1 atom stereocenters. The second kappa shape index (κ2) is 6.58. The van der Waals surface area contributed by atoms with Crippen molar-refractivity contribution in [2.45, 2.75) is 11.2 Å². The third-order valence-corrected chi connectivity index (χ3v) is 6.92. The normalized spacial score (nSPS) is 17.5. The van der Waals surface area contributed by atoms with E-state index >= 15 is 0 Å². The van der Waals surface area contributed by atoms with E-state index < -0.39 is 0 Å². The fourth-order valence-corrected chi connectivity index (χ4v) is 6.17. The Morgan fingerprint density at radius 1 is 0.609 bits per heavy atom. The Hall–Kier alpha value is -2.08. The molecule has 1 heterocycles. The van der Waals surface area contributed by atoms with Gasteiger partial charge < -0.3 is 0 Å². The van der Waals surface area contributed by atoms with Crippen LogP contribution >= 0.6 is 0 Å². The fourth-order valence-electron chi connectivity index (χ4n) is 3.21. The van der Waals surface area contributed by atoms with E-state index in [2.05, 4.69) is 91.0 Å². The standard InChI is InChI=1S/C22H18Se/c1-4-10-17(11-5-1)20-16-23-22(19-14-8-3-9-15-19)21(20)18-12-6-2-7-13-18/h1-15,20H,16H2. The molecule has 1 aliphatic rings. The molecule has 3 aromatic carbocycles. The Kier molecular flexibility index (Phi) is 4.15. The maximum absolute atomic E-state index is 2.28. The van der Waals surface area contributed by atoms with Crippen LogP contribution in [0.25, 0.3) is 10.0 Å². The molecule has 1 unspecified atom stereocenters. The summed E-state index contributed by atoms with van der Waals surface area (Å²) in [6, 6.07) is 32.8. The van der Waals surface area contributed by atoms with Crippen molar-refractivity contribution >= 4 is 25.0 Å². The molecule has 0 N–H and O–H groups in total. The summed E-state index contributed by atoms with van der Waals surface area (Å²) >= 11 is 0.521. The van der Waals surface area contributed by atoms with Gasteiger partial charge in [0, 0.05) is 0 Å². The second-order valence-corrected chi connectivity index (χ2v) is 7.91. The number of rotatable bonds is 3. The zero-order chi connectivity index (χ0) is 15.5. The van der Waals surface area contributed by atoms with Crippen LogP contribution in [0, 0.1) is 0 Å². The van der Waals surface area contributed by atoms with Gasteiger partial charge in [-0.2, -0.15) is 0 Å². The van der Waals surface area contributed by atoms with E-state index in [1.807, 2.05) is 0 Å². The van der Waals surface area contributed by atoms with Gasteiger partial charge in [0.1, 0.15) is 0 Å². The van der Waals surface area contributed by atoms with Gasteiger partial charge in [-0.05, 0) is 0 Å². The summed E-state index contributed by atoms with van der Waals surface area (Å²) in [4.78, 5) is 0. The third-order valence-electron chi connectivity index (χ3n) is 4.31. The molecular weight excluding hydrogens is 343 g/mol. The van der Waals surface area contributed by atoms with Crippen LogP contribution in [-0.4, -0.2) is 15.0 Å². The van der Waals surface area contributed by atoms with Crippen molar-refractivity contribution in [3.8, 4) is 0 Å². The minimum absolute atomic E-state index is 0.521. The van der Waals surface area contributed by atoms with Crippen molar-refractivity contribution in [1.82, 2.24) is 0 Å². The molecule has 0 amide bonds. The van der Waals surface area contributed by atoms with Gasteiger partial charge in [-0.25, -0.2) is 0 Å². The van der Waals surface area contributed by atoms with Gasteiger partial charge in [-0.3, -0.25) is 0 Å². The SMILES string of the molecule is c1ccc(C2=C(c3ccccc3)C(c3ccccc3)C[Se]2)cc1. The van der Waals surface area contributed by atoms with E-state index in [9.17, 15) is 0 Å². The second-order valence-electron chi connectivity index (χ2n) is 5.75. The molecule has 0 aromatic heterocycles. The molecule has 1 heteroatoms. The summed E-state index contributed by atoms with van der Waals surface area (Å²) in [5.74, 6) is 0.522. The van der Waals surface area contributed by atoms with Gasteiger partial charge in [0.15, 0.2) is 0 Å². The summed E-state index contributed by atoms with van der Waals surface area (Å²) in [5, 5.41) is 1.26. The summed E-state index contributed by atoms with van der Waals surface area (Å²) in [6.45, 7) is 0. The average Bonchev–Trinajstić information content (AvgIpc) is 3.09. The Morgan fingerprint density at radius 3 is 1.74 bits per heavy atom. The molecule has 0 spiro atoms. The van der Waals surface area contributed by atoms with Crippen LogP contribution in [0.5, 0.6) is 0 Å². The van der Waals surface area contributed by atoms with E-state index in [1.165, 1.54) is 27.6 Å². The first-order valence-corrected chi connectivity index (χ1v) is 10.0. The van der Waals surface area contributed by atoms with Crippen LogP contribution in [0.2, 0.25) is 5.32 Å². The molecule has 4 rings (SSSR count). The van der Waals surface area contributed by atoms with Crippen molar-refractivity contribution < 1.29 is 0 Å². The zero-order valence-electron chi connectivity index (χ0n) is 12.9. The van der Waals surface area contributed by atoms with E-state index in [4.69, 9.17) is 0 Å². The van der Waals surface area contributed by atoms with Crippen molar-refractivity contribution in [2.24, 2.45) is 0 Å². The maximum atomic E-state index is 2.28. The van der Waals surface area contributed by atoms with Crippen LogP contribution in [-0.2, 0) is 0 Å². The van der Waals surface area contributed by atoms with Gasteiger partial charge in [-0.1, -0.05) is 0 Å². The first-order chi connectivity index (χ1) is 11.4. The van der Waals surface area contributed by atoms with Crippen molar-refractivity contribution in [1.29, 1.82) is 0 Å². The molecule has 0 bridgehead atoms. The number of hydrogen-bond acceptors (Lipinski definition) is 0. The third kappa shape index (κ3) is 2.91. The topological polar surface area (TPSA) is 0 Å². The molecule has 0 saturated carbocycles. The Bertz CT molecular complexity index is 804. The van der Waals surface area contributed by atoms with E-state index in [-0.39, 0.29) is 0 Å². The van der Waals surface area contributed by atoms with Crippen molar-refractivity contribution in [3.05, 3.63) is 108 Å². The van der Waals surface area contributed by atoms with Crippen LogP contribution in [0.1, 0.15) is 22.6 Å². The van der Waals surface area contributed by atoms with Gasteiger partial charge in [0.25, 0.3) is 0 Å². The quantitative estimate of drug-likeness (QED) is 0.542. The monoisotopic (exact) mass is 362 g/mol. The summed E-state index contributed by atoms with van der Waals surface area (Å²) in [7, 11) is 0. The first-order valence-electron chi connectivity index (χ1n) is 7.96. The number of allylic oxidation sites excluding steroid dienone is 1. The molecule has 0 radical (unpaired) electrons. The molecule has 23 heavy (non-hydrogen) atoms. The zero-order valence-corrected chi connectivity index (χ0v) is 14.6. The predicted octanol–water partition coefficient (Wildman–Crippen LogP) is 5.47. The Balaban J connectivity index is 1.88. The van der Waals surface area contributed by atoms with E-state index in [0.29, 0.717) is 20.9 Å². The number of hydrogen-bond donors (Lipinski definition) is 0. The van der Waals surface area contributed by atoms with E-state index in [1.54, 1.807) is 4.47 Å². The van der Waals surface area contributed by atoms with Gasteiger partial charge >= 0.3 is 144 Å². The van der Waals surface area contributed by atoms with Crippen molar-refractivity contribution in [2.75, 3.05) is 0 Å². The first kappa shape index (κ1) is 14.5. The van der Waals surface area contributed by atoms with Gasteiger partial charge in [0.2, 0.25) is 0 Å². The number of benzene rings is 3. The van der Waals surface area contributed by atoms with Crippen LogP contribution in [0.3, 0.4) is 0 Å². The summed E-state index contributed by atoms with van der Waals surface area (Å²) < 4.78 is 1.57. The molecule has 0 fully saturated rings. The van der Waals surface area contributed by atoms with Gasteiger partial charge in [-0.15, -0.1) is 0 Å². The van der Waals surface area contributed by atoms with Gasteiger partial charge in [0.05, 0.1) is 0 Å². The molecule has 0 nitrogen and oxygen atoms in total. The minimum atomic E-state index is 0.521. The van der Waals surface area contributed by atoms with Crippen LogP contribution in [0.4, 0.5) is 0 Å². The fraction of sp³-hybridized carbons (Fsp3) is 0.0909. The van der Waals surface area contributed by atoms with Crippen LogP contribution in [0.15, 0.2) is 91.0 Å². The van der Waals surface area contributed by atoms with Crippen molar-refractivity contribution in [3.63, 3.8) is 0 Å². The van der Waals surface area contributed by atoms with Crippen LogP contribution < -0.4 is 0 Å². The molecule has 3 aromatic rings. The molecule has 0 aliphatic carbocycles. The molecule has 1 aliphatic heterocycles. The Morgan fingerprint density at radius 2 is 1.13 bits per heavy atom. The predicted molar refractivity (Wildman–Crippen MR) is 99.4 cm³/mol. The summed E-state index contributed by atoms with van der Waals surface area (Å²) in [5.41, 5.74) is 5.74.